The lowest BCUT2D eigenvalue weighted by Gasteiger charge is -2.20. The van der Waals surface area contributed by atoms with E-state index in [1.165, 1.54) is 4.90 Å². The molecule has 0 fully saturated rings. The monoisotopic (exact) mass is 395 g/mol. The fraction of sp³-hybridized carbons (Fsp3) is 0.174. The van der Waals surface area contributed by atoms with Crippen LogP contribution in [0.25, 0.3) is 0 Å². The third kappa shape index (κ3) is 5.38. The van der Waals surface area contributed by atoms with E-state index in [9.17, 15) is 4.79 Å². The summed E-state index contributed by atoms with van der Waals surface area (Å²) in [4.78, 5) is 14.0. The van der Waals surface area contributed by atoms with Crippen molar-refractivity contribution in [2.45, 2.75) is 24.3 Å². The Balaban J connectivity index is 1.84. The van der Waals surface area contributed by atoms with Gasteiger partial charge in [0.25, 0.3) is 0 Å². The summed E-state index contributed by atoms with van der Waals surface area (Å²) in [5.74, 6) is 0.121. The molecule has 138 valence electrons. The SMILES string of the molecule is CSc1ccc([C@H](CC(=O)c2ccc(C)cc2)Nc2ccc(Cl)cc2)cc1. The van der Waals surface area contributed by atoms with Crippen LogP contribution in [0.1, 0.15) is 33.9 Å². The molecule has 3 rings (SSSR count). The fourth-order valence-corrected chi connectivity index (χ4v) is 3.41. The average molecular weight is 396 g/mol. The third-order valence-corrected chi connectivity index (χ3v) is 5.46. The molecule has 1 N–H and O–H groups in total. The topological polar surface area (TPSA) is 29.1 Å². The largest absolute Gasteiger partial charge is 0.378 e. The van der Waals surface area contributed by atoms with Crippen molar-refractivity contribution in [3.05, 3.63) is 94.5 Å². The second-order valence-corrected chi connectivity index (χ2v) is 7.79. The standard InChI is InChI=1S/C23H22ClNOS/c1-16-3-5-18(6-4-16)23(26)15-22(17-7-13-21(27-2)14-8-17)25-20-11-9-19(24)10-12-20/h3-14,22,25H,15H2,1-2H3/t22-/m0/s1. The minimum atomic E-state index is -0.115. The molecule has 0 aliphatic carbocycles. The molecule has 3 aromatic carbocycles. The second kappa shape index (κ2) is 9.12. The molecule has 0 aromatic heterocycles. The van der Waals surface area contributed by atoms with Crippen LogP contribution in [0.15, 0.2) is 77.7 Å². The molecular formula is C23H22ClNOS. The molecule has 27 heavy (non-hydrogen) atoms. The number of carbonyl (C=O) groups excluding carboxylic acids is 1. The number of anilines is 1. The van der Waals surface area contributed by atoms with Crippen LogP contribution < -0.4 is 5.32 Å². The minimum Gasteiger partial charge on any atom is -0.378 e. The summed E-state index contributed by atoms with van der Waals surface area (Å²) in [6.45, 7) is 2.02. The minimum absolute atomic E-state index is 0.115. The number of benzene rings is 3. The quantitative estimate of drug-likeness (QED) is 0.352. The maximum atomic E-state index is 12.8. The van der Waals surface area contributed by atoms with Gasteiger partial charge in [-0.25, -0.2) is 0 Å². The van der Waals surface area contributed by atoms with E-state index >= 15 is 0 Å². The van der Waals surface area contributed by atoms with Gasteiger partial charge in [-0.2, -0.15) is 0 Å². The van der Waals surface area contributed by atoms with Gasteiger partial charge < -0.3 is 5.32 Å². The molecule has 4 heteroatoms. The Hall–Kier alpha value is -2.23. The van der Waals surface area contributed by atoms with Gasteiger partial charge in [-0.3, -0.25) is 4.79 Å². The summed E-state index contributed by atoms with van der Waals surface area (Å²) < 4.78 is 0. The van der Waals surface area contributed by atoms with E-state index < -0.39 is 0 Å². The Labute approximate surface area is 170 Å². The summed E-state index contributed by atoms with van der Waals surface area (Å²) in [7, 11) is 0. The number of halogens is 1. The number of Topliss-reactive ketones (excluding diaryl/α,β-unsaturated/α-hetero) is 1. The molecule has 0 aliphatic rings. The number of hydrogen-bond donors (Lipinski definition) is 1. The first-order chi connectivity index (χ1) is 13.0. The first-order valence-corrected chi connectivity index (χ1v) is 10.4. The zero-order valence-electron chi connectivity index (χ0n) is 15.4. The molecule has 0 bridgehead atoms. The van der Waals surface area contributed by atoms with Crippen LogP contribution in [0.4, 0.5) is 5.69 Å². The van der Waals surface area contributed by atoms with Crippen LogP contribution in [-0.4, -0.2) is 12.0 Å². The Bertz CT molecular complexity index is 889. The number of thioether (sulfide) groups is 1. The summed E-state index contributed by atoms with van der Waals surface area (Å²) in [5, 5.41) is 4.18. The van der Waals surface area contributed by atoms with Gasteiger partial charge in [0.2, 0.25) is 0 Å². The van der Waals surface area contributed by atoms with Gasteiger partial charge in [-0.05, 0) is 55.1 Å². The number of aryl methyl sites for hydroxylation is 1. The normalized spacial score (nSPS) is 11.8. The van der Waals surface area contributed by atoms with E-state index in [1.807, 2.05) is 55.5 Å². The second-order valence-electron chi connectivity index (χ2n) is 6.47. The van der Waals surface area contributed by atoms with Crippen molar-refractivity contribution in [2.75, 3.05) is 11.6 Å². The van der Waals surface area contributed by atoms with Crippen LogP contribution in [0.2, 0.25) is 5.02 Å². The van der Waals surface area contributed by atoms with E-state index in [0.29, 0.717) is 11.4 Å². The van der Waals surface area contributed by atoms with E-state index in [-0.39, 0.29) is 11.8 Å². The van der Waals surface area contributed by atoms with Crippen molar-refractivity contribution < 1.29 is 4.79 Å². The summed E-state index contributed by atoms with van der Waals surface area (Å²) in [6.07, 6.45) is 2.43. The lowest BCUT2D eigenvalue weighted by molar-refractivity contribution is 0.0976. The number of nitrogens with one attached hydrogen (secondary N) is 1. The summed E-state index contributed by atoms with van der Waals surface area (Å²) in [6, 6.07) is 23.5. The highest BCUT2D eigenvalue weighted by Gasteiger charge is 2.17. The molecule has 0 saturated carbocycles. The van der Waals surface area contributed by atoms with Crippen LogP contribution in [0.5, 0.6) is 0 Å². The van der Waals surface area contributed by atoms with Gasteiger partial charge in [-0.1, -0.05) is 53.6 Å². The molecule has 3 aromatic rings. The van der Waals surface area contributed by atoms with Gasteiger partial charge in [0.05, 0.1) is 6.04 Å². The molecular weight excluding hydrogens is 374 g/mol. The van der Waals surface area contributed by atoms with Crippen LogP contribution in [0.3, 0.4) is 0 Å². The fourth-order valence-electron chi connectivity index (χ4n) is 2.88. The smallest absolute Gasteiger partial charge is 0.165 e. The highest BCUT2D eigenvalue weighted by Crippen LogP contribution is 2.27. The van der Waals surface area contributed by atoms with E-state index in [0.717, 1.165) is 22.4 Å². The van der Waals surface area contributed by atoms with Crippen molar-refractivity contribution in [3.8, 4) is 0 Å². The van der Waals surface area contributed by atoms with Crippen LogP contribution in [-0.2, 0) is 0 Å². The molecule has 0 unspecified atom stereocenters. The zero-order chi connectivity index (χ0) is 19.2. The first kappa shape index (κ1) is 19.5. The molecule has 0 aliphatic heterocycles. The number of rotatable bonds is 7. The van der Waals surface area contributed by atoms with Crippen LogP contribution >= 0.6 is 23.4 Å². The Kier molecular flexibility index (Phi) is 6.59. The number of hydrogen-bond acceptors (Lipinski definition) is 3. The highest BCUT2D eigenvalue weighted by atomic mass is 35.5. The van der Waals surface area contributed by atoms with E-state index in [1.54, 1.807) is 11.8 Å². The van der Waals surface area contributed by atoms with Crippen molar-refractivity contribution in [2.24, 2.45) is 0 Å². The third-order valence-electron chi connectivity index (χ3n) is 4.47. The van der Waals surface area contributed by atoms with Crippen LogP contribution in [0, 0.1) is 6.92 Å². The highest BCUT2D eigenvalue weighted by molar-refractivity contribution is 7.98. The van der Waals surface area contributed by atoms with Gasteiger partial charge in [0, 0.05) is 27.6 Å². The molecule has 0 heterocycles. The first-order valence-electron chi connectivity index (χ1n) is 8.81. The molecule has 0 saturated heterocycles. The zero-order valence-corrected chi connectivity index (χ0v) is 17.0. The maximum Gasteiger partial charge on any atom is 0.165 e. The predicted molar refractivity (Wildman–Crippen MR) is 116 cm³/mol. The number of ketones is 1. The Morgan fingerprint density at radius 3 is 2.19 bits per heavy atom. The van der Waals surface area contributed by atoms with Crippen molar-refractivity contribution in [3.63, 3.8) is 0 Å². The molecule has 0 radical (unpaired) electrons. The Morgan fingerprint density at radius 1 is 0.963 bits per heavy atom. The summed E-state index contributed by atoms with van der Waals surface area (Å²) in [5.41, 5.74) is 3.91. The van der Waals surface area contributed by atoms with Crippen molar-refractivity contribution in [1.29, 1.82) is 0 Å². The van der Waals surface area contributed by atoms with E-state index in [4.69, 9.17) is 11.6 Å². The molecule has 2 nitrogen and oxygen atoms in total. The predicted octanol–water partition coefficient (Wildman–Crippen LogP) is 6.80. The lowest BCUT2D eigenvalue weighted by atomic mass is 9.97. The average Bonchev–Trinajstić information content (AvgIpc) is 2.69. The van der Waals surface area contributed by atoms with Crippen molar-refractivity contribution in [1.82, 2.24) is 0 Å². The Morgan fingerprint density at radius 2 is 1.59 bits per heavy atom. The number of carbonyl (C=O) groups is 1. The van der Waals surface area contributed by atoms with Gasteiger partial charge in [0.15, 0.2) is 5.78 Å². The molecule has 0 spiro atoms. The van der Waals surface area contributed by atoms with E-state index in [2.05, 4.69) is 35.8 Å². The van der Waals surface area contributed by atoms with Gasteiger partial charge in [0.1, 0.15) is 0 Å². The van der Waals surface area contributed by atoms with Gasteiger partial charge in [-0.15, -0.1) is 11.8 Å². The molecule has 1 atom stereocenters. The maximum absolute atomic E-state index is 12.8. The lowest BCUT2D eigenvalue weighted by Crippen LogP contribution is -2.16. The van der Waals surface area contributed by atoms with Crippen molar-refractivity contribution >= 4 is 34.8 Å². The molecule has 0 amide bonds. The van der Waals surface area contributed by atoms with Gasteiger partial charge >= 0.3 is 0 Å². The summed E-state index contributed by atoms with van der Waals surface area (Å²) >= 11 is 7.70.